The predicted molar refractivity (Wildman–Crippen MR) is 103 cm³/mol. The third-order valence-corrected chi connectivity index (χ3v) is 5.55. The topological polar surface area (TPSA) is 150 Å². The maximum absolute atomic E-state index is 11.8. The summed E-state index contributed by atoms with van der Waals surface area (Å²) in [6, 6.07) is 5.77. The molecule has 0 aliphatic rings. The van der Waals surface area contributed by atoms with Gasteiger partial charge in [0, 0.05) is 22.4 Å². The van der Waals surface area contributed by atoms with E-state index in [9.17, 15) is 9.59 Å². The normalized spacial score (nSPS) is 12.5. The number of azide groups is 1. The summed E-state index contributed by atoms with van der Waals surface area (Å²) in [4.78, 5) is 25.3. The number of carboxylic acids is 1. The number of nitrogens with zero attached hydrogens (tertiary/aromatic N) is 3. The zero-order valence-electron chi connectivity index (χ0n) is 14.2. The highest BCUT2D eigenvalue weighted by molar-refractivity contribution is 8.76. The van der Waals surface area contributed by atoms with E-state index in [1.54, 1.807) is 35.1 Å². The van der Waals surface area contributed by atoms with E-state index in [-0.39, 0.29) is 11.9 Å². The van der Waals surface area contributed by atoms with E-state index >= 15 is 0 Å². The highest BCUT2D eigenvalue weighted by Gasteiger charge is 2.17. The number of ether oxygens (including phenoxy) is 1. The van der Waals surface area contributed by atoms with Crippen LogP contribution in [0.5, 0.6) is 0 Å². The quantitative estimate of drug-likeness (QED) is 0.223. The van der Waals surface area contributed by atoms with Gasteiger partial charge in [0.05, 0.1) is 0 Å². The molecule has 0 bridgehead atoms. The summed E-state index contributed by atoms with van der Waals surface area (Å²) in [5.41, 5.74) is 15.1. The Balaban J connectivity index is 2.37. The first-order valence-electron chi connectivity index (χ1n) is 7.68. The fourth-order valence-corrected chi connectivity index (χ4v) is 3.88. The number of carboxylic acid groups (broad SMARTS) is 1. The Morgan fingerprint density at radius 2 is 2.08 bits per heavy atom. The Morgan fingerprint density at radius 1 is 1.38 bits per heavy atom. The Hall–Kier alpha value is -2.07. The summed E-state index contributed by atoms with van der Waals surface area (Å²) in [5.74, 6) is -1.03. The van der Waals surface area contributed by atoms with Gasteiger partial charge in [-0.25, -0.2) is 4.79 Å². The number of nitrogens with one attached hydrogen (secondary N) is 1. The van der Waals surface area contributed by atoms with E-state index in [2.05, 4.69) is 15.3 Å². The number of carbonyl (C=O) groups is 2. The standard InChI is InChI=1S/C15H21N5O4S2/c1-25-26-12(6-7-13(16)14(21)22)8-18-15(23)24-9-10-2-4-11(5-3-10)19-20-17/h2-5,12-13H,6-9,16H2,1H3,(H,18,23)(H,21,22)/t12?,13-/m0/s1. The van der Waals surface area contributed by atoms with Gasteiger partial charge in [0.1, 0.15) is 12.6 Å². The SMILES string of the molecule is CSSC(CC[C@H](N)C(=O)O)CNC(=O)OCc1ccc(N=[N+]=[N-])cc1. The van der Waals surface area contributed by atoms with Crippen molar-refractivity contribution in [2.45, 2.75) is 30.7 Å². The molecule has 0 heterocycles. The van der Waals surface area contributed by atoms with E-state index < -0.39 is 18.1 Å². The second-order valence-electron chi connectivity index (χ2n) is 5.22. The van der Waals surface area contributed by atoms with Crippen molar-refractivity contribution < 1.29 is 19.4 Å². The maximum Gasteiger partial charge on any atom is 0.407 e. The van der Waals surface area contributed by atoms with Crippen LogP contribution in [0.4, 0.5) is 10.5 Å². The fraction of sp³-hybridized carbons (Fsp3) is 0.467. The summed E-state index contributed by atoms with van der Waals surface area (Å²) >= 11 is 0. The first-order chi connectivity index (χ1) is 12.5. The third kappa shape index (κ3) is 8.86. The Morgan fingerprint density at radius 3 is 2.65 bits per heavy atom. The number of rotatable bonds is 11. The van der Waals surface area contributed by atoms with E-state index in [1.807, 2.05) is 6.26 Å². The van der Waals surface area contributed by atoms with Gasteiger partial charge in [0.2, 0.25) is 0 Å². The molecule has 0 aliphatic heterocycles. The lowest BCUT2D eigenvalue weighted by molar-refractivity contribution is -0.138. The summed E-state index contributed by atoms with van der Waals surface area (Å²) in [7, 11) is 3.09. The highest BCUT2D eigenvalue weighted by Crippen LogP contribution is 2.26. The highest BCUT2D eigenvalue weighted by atomic mass is 33.1. The van der Waals surface area contributed by atoms with Crippen LogP contribution in [0.1, 0.15) is 18.4 Å². The zero-order chi connectivity index (χ0) is 19.4. The molecule has 1 unspecified atom stereocenters. The molecular formula is C15H21N5O4S2. The Labute approximate surface area is 159 Å². The molecule has 0 saturated carbocycles. The molecule has 0 spiro atoms. The van der Waals surface area contributed by atoms with E-state index in [4.69, 9.17) is 21.1 Å². The Kier molecular flexibility index (Phi) is 10.4. The van der Waals surface area contributed by atoms with Crippen LogP contribution in [0, 0.1) is 0 Å². The number of benzene rings is 1. The second kappa shape index (κ2) is 12.3. The van der Waals surface area contributed by atoms with Crippen molar-refractivity contribution in [3.63, 3.8) is 0 Å². The first-order valence-corrected chi connectivity index (χ1v) is 10.3. The van der Waals surface area contributed by atoms with Crippen molar-refractivity contribution in [1.29, 1.82) is 0 Å². The smallest absolute Gasteiger partial charge is 0.407 e. The van der Waals surface area contributed by atoms with Gasteiger partial charge in [-0.1, -0.05) is 51.0 Å². The molecule has 1 aromatic rings. The van der Waals surface area contributed by atoms with Gasteiger partial charge in [0.25, 0.3) is 0 Å². The Bertz CT molecular complexity index is 637. The van der Waals surface area contributed by atoms with Crippen LogP contribution in [0.2, 0.25) is 0 Å². The van der Waals surface area contributed by atoms with Gasteiger partial charge in [0.15, 0.2) is 0 Å². The van der Waals surface area contributed by atoms with Crippen LogP contribution < -0.4 is 11.1 Å². The van der Waals surface area contributed by atoms with Crippen LogP contribution >= 0.6 is 21.6 Å². The molecule has 9 nitrogen and oxygen atoms in total. The van der Waals surface area contributed by atoms with E-state index in [0.29, 0.717) is 25.1 Å². The lowest BCUT2D eigenvalue weighted by Crippen LogP contribution is -2.34. The predicted octanol–water partition coefficient (Wildman–Crippen LogP) is 3.43. The van der Waals surface area contributed by atoms with E-state index in [1.165, 1.54) is 10.8 Å². The molecule has 4 N–H and O–H groups in total. The lowest BCUT2D eigenvalue weighted by Gasteiger charge is -2.17. The molecule has 2 atom stereocenters. The first kappa shape index (κ1) is 22.0. The van der Waals surface area contributed by atoms with Crippen molar-refractivity contribution >= 4 is 39.3 Å². The second-order valence-corrected chi connectivity index (χ2v) is 7.99. The van der Waals surface area contributed by atoms with E-state index in [0.717, 1.165) is 5.56 Å². The minimum absolute atomic E-state index is 0.0334. The number of amides is 1. The molecule has 11 heteroatoms. The van der Waals surface area contributed by atoms with Gasteiger partial charge in [-0.05, 0) is 30.2 Å². The van der Waals surface area contributed by atoms with Crippen molar-refractivity contribution in [1.82, 2.24) is 5.32 Å². The maximum atomic E-state index is 11.8. The summed E-state index contributed by atoms with van der Waals surface area (Å²) in [6.45, 7) is 0.444. The number of alkyl carbamates (subject to hydrolysis) is 1. The molecule has 142 valence electrons. The van der Waals surface area contributed by atoms with Crippen LogP contribution in [0.15, 0.2) is 29.4 Å². The lowest BCUT2D eigenvalue weighted by atomic mass is 10.1. The largest absolute Gasteiger partial charge is 0.480 e. The fourth-order valence-electron chi connectivity index (χ4n) is 1.92. The molecule has 26 heavy (non-hydrogen) atoms. The number of carbonyl (C=O) groups excluding carboxylic acids is 1. The molecule has 1 aromatic carbocycles. The molecule has 0 aromatic heterocycles. The van der Waals surface area contributed by atoms with Crippen molar-refractivity contribution in [3.8, 4) is 0 Å². The average molecular weight is 399 g/mol. The summed E-state index contributed by atoms with van der Waals surface area (Å²) < 4.78 is 5.13. The number of hydrogen-bond donors (Lipinski definition) is 3. The van der Waals surface area contributed by atoms with Gasteiger partial charge < -0.3 is 20.9 Å². The van der Waals surface area contributed by atoms with Crippen LogP contribution in [0.25, 0.3) is 10.4 Å². The van der Waals surface area contributed by atoms with Crippen LogP contribution in [-0.2, 0) is 16.1 Å². The van der Waals surface area contributed by atoms with Gasteiger partial charge in [-0.15, -0.1) is 0 Å². The number of hydrogen-bond acceptors (Lipinski definition) is 7. The molecular weight excluding hydrogens is 378 g/mol. The summed E-state index contributed by atoms with van der Waals surface area (Å²) in [5, 5.41) is 15.0. The summed E-state index contributed by atoms with van der Waals surface area (Å²) in [6.07, 6.45) is 2.26. The molecule has 0 radical (unpaired) electrons. The van der Waals surface area contributed by atoms with Crippen LogP contribution in [-0.4, -0.2) is 41.3 Å². The molecule has 0 aliphatic carbocycles. The van der Waals surface area contributed by atoms with Gasteiger partial charge in [-0.2, -0.15) is 0 Å². The minimum Gasteiger partial charge on any atom is -0.480 e. The number of nitrogens with two attached hydrogens (primary N) is 1. The van der Waals surface area contributed by atoms with Crippen molar-refractivity contribution in [2.75, 3.05) is 12.8 Å². The monoisotopic (exact) mass is 399 g/mol. The van der Waals surface area contributed by atoms with Gasteiger partial charge in [-0.3, -0.25) is 4.79 Å². The molecule has 1 rings (SSSR count). The average Bonchev–Trinajstić information content (AvgIpc) is 2.63. The van der Waals surface area contributed by atoms with Crippen molar-refractivity contribution in [3.05, 3.63) is 40.3 Å². The molecule has 0 saturated heterocycles. The minimum atomic E-state index is -1.03. The van der Waals surface area contributed by atoms with Crippen molar-refractivity contribution in [2.24, 2.45) is 10.8 Å². The third-order valence-electron chi connectivity index (χ3n) is 3.29. The molecule has 0 fully saturated rings. The van der Waals surface area contributed by atoms with Gasteiger partial charge >= 0.3 is 12.1 Å². The number of aliphatic carboxylic acids is 1. The van der Waals surface area contributed by atoms with Crippen LogP contribution in [0.3, 0.4) is 0 Å². The zero-order valence-corrected chi connectivity index (χ0v) is 15.8. The molecule has 1 amide bonds.